The zero-order valence-corrected chi connectivity index (χ0v) is 17.5. The van der Waals surface area contributed by atoms with E-state index in [9.17, 15) is 4.79 Å². The highest BCUT2D eigenvalue weighted by molar-refractivity contribution is 7.17. The minimum absolute atomic E-state index is 0.0224. The van der Waals surface area contributed by atoms with Gasteiger partial charge in [-0.1, -0.05) is 61.9 Å². The smallest absolute Gasteiger partial charge is 0.263 e. The van der Waals surface area contributed by atoms with E-state index in [0.29, 0.717) is 12.5 Å². The summed E-state index contributed by atoms with van der Waals surface area (Å²) in [5.74, 6) is 0.501. The molecule has 4 aromatic rings. The van der Waals surface area contributed by atoms with Crippen LogP contribution >= 0.6 is 11.3 Å². The summed E-state index contributed by atoms with van der Waals surface area (Å²) in [6.45, 7) is 9.08. The summed E-state index contributed by atoms with van der Waals surface area (Å²) >= 11 is 1.53. The Labute approximate surface area is 169 Å². The van der Waals surface area contributed by atoms with E-state index in [1.165, 1.54) is 28.0 Å². The first kappa shape index (κ1) is 18.6. The van der Waals surface area contributed by atoms with Gasteiger partial charge in [0, 0.05) is 10.9 Å². The Bertz CT molecular complexity index is 1200. The highest BCUT2D eigenvalue weighted by Gasteiger charge is 2.15. The molecule has 0 atom stereocenters. The maximum atomic E-state index is 13.3. The minimum atomic E-state index is 0.0224. The lowest BCUT2D eigenvalue weighted by Gasteiger charge is -2.10. The Kier molecular flexibility index (Phi) is 4.90. The molecule has 4 rings (SSSR count). The number of aromatic nitrogens is 2. The zero-order chi connectivity index (χ0) is 19.8. The zero-order valence-electron chi connectivity index (χ0n) is 16.7. The summed E-state index contributed by atoms with van der Waals surface area (Å²) in [6, 6.07) is 14.8. The van der Waals surface area contributed by atoms with Crippen LogP contribution in [0.4, 0.5) is 0 Å². The Morgan fingerprint density at radius 2 is 1.79 bits per heavy atom. The van der Waals surface area contributed by atoms with E-state index in [1.807, 2.05) is 0 Å². The largest absolute Gasteiger partial charge is 0.294 e. The molecule has 0 aliphatic heterocycles. The number of fused-ring (bicyclic) bond motifs is 1. The van der Waals surface area contributed by atoms with Gasteiger partial charge < -0.3 is 0 Å². The van der Waals surface area contributed by atoms with E-state index >= 15 is 0 Å². The predicted molar refractivity (Wildman–Crippen MR) is 118 cm³/mol. The summed E-state index contributed by atoms with van der Waals surface area (Å²) in [5, 5.41) is 2.77. The highest BCUT2D eigenvalue weighted by atomic mass is 32.1. The minimum Gasteiger partial charge on any atom is -0.294 e. The van der Waals surface area contributed by atoms with Gasteiger partial charge in [-0.15, -0.1) is 11.3 Å². The molecule has 4 heteroatoms. The van der Waals surface area contributed by atoms with Crippen molar-refractivity contribution in [3.8, 4) is 11.1 Å². The molecule has 3 nitrogen and oxygen atoms in total. The van der Waals surface area contributed by atoms with Crippen LogP contribution in [-0.2, 0) is 6.54 Å². The molecule has 0 spiro atoms. The molecule has 0 radical (unpaired) electrons. The van der Waals surface area contributed by atoms with Gasteiger partial charge in [-0.3, -0.25) is 9.36 Å². The van der Waals surface area contributed by atoms with E-state index < -0.39 is 0 Å². The van der Waals surface area contributed by atoms with Crippen molar-refractivity contribution in [3.63, 3.8) is 0 Å². The second kappa shape index (κ2) is 7.36. The van der Waals surface area contributed by atoms with E-state index in [4.69, 9.17) is 0 Å². The summed E-state index contributed by atoms with van der Waals surface area (Å²) < 4.78 is 1.71. The van der Waals surface area contributed by atoms with Crippen molar-refractivity contribution in [3.05, 3.63) is 86.8 Å². The van der Waals surface area contributed by atoms with Gasteiger partial charge in [0.25, 0.3) is 5.56 Å². The molecule has 142 valence electrons. The van der Waals surface area contributed by atoms with Gasteiger partial charge in [0.2, 0.25) is 0 Å². The number of thiophene rings is 1. The van der Waals surface area contributed by atoms with Crippen molar-refractivity contribution < 1.29 is 0 Å². The highest BCUT2D eigenvalue weighted by Crippen LogP contribution is 2.33. The van der Waals surface area contributed by atoms with Gasteiger partial charge in [-0.2, -0.15) is 0 Å². The fraction of sp³-hybridized carbons (Fsp3) is 0.250. The maximum absolute atomic E-state index is 13.3. The van der Waals surface area contributed by atoms with Crippen molar-refractivity contribution in [2.45, 2.75) is 40.2 Å². The lowest BCUT2D eigenvalue weighted by Crippen LogP contribution is -2.21. The number of benzene rings is 2. The lowest BCUT2D eigenvalue weighted by atomic mass is 9.99. The Morgan fingerprint density at radius 3 is 2.46 bits per heavy atom. The first-order valence-electron chi connectivity index (χ1n) is 9.57. The standard InChI is InChI=1S/C24H24N2OS/c1-15(2)19-8-6-18(7-9-19)12-26-14-25-23-22(24(26)27)21(13-28-23)20-10-5-16(3)11-17(20)4/h5-11,13-15H,12H2,1-4H3. The molecule has 2 heterocycles. The summed E-state index contributed by atoms with van der Waals surface area (Å²) in [5.41, 5.74) is 6.93. The van der Waals surface area contributed by atoms with Crippen molar-refractivity contribution >= 4 is 21.6 Å². The Hall–Kier alpha value is -2.72. The third-order valence-electron chi connectivity index (χ3n) is 5.23. The fourth-order valence-electron chi connectivity index (χ4n) is 3.60. The number of hydrogen-bond donors (Lipinski definition) is 0. The molecule has 2 aromatic carbocycles. The number of aryl methyl sites for hydroxylation is 2. The molecule has 0 saturated heterocycles. The molecule has 28 heavy (non-hydrogen) atoms. The van der Waals surface area contributed by atoms with Crippen LogP contribution in [0.5, 0.6) is 0 Å². The number of nitrogens with zero attached hydrogens (tertiary/aromatic N) is 2. The second-order valence-corrected chi connectivity index (χ2v) is 8.58. The summed E-state index contributed by atoms with van der Waals surface area (Å²) in [6.07, 6.45) is 1.67. The van der Waals surface area contributed by atoms with Crippen LogP contribution in [0.15, 0.2) is 59.0 Å². The van der Waals surface area contributed by atoms with Gasteiger partial charge in [-0.25, -0.2) is 4.98 Å². The Balaban J connectivity index is 1.77. The first-order chi connectivity index (χ1) is 13.4. The van der Waals surface area contributed by atoms with Crippen molar-refractivity contribution in [2.75, 3.05) is 0 Å². The predicted octanol–water partition coefficient (Wildman–Crippen LogP) is 5.91. The van der Waals surface area contributed by atoms with Gasteiger partial charge in [0.1, 0.15) is 4.83 Å². The van der Waals surface area contributed by atoms with Crippen molar-refractivity contribution in [1.82, 2.24) is 9.55 Å². The van der Waals surface area contributed by atoms with Gasteiger partial charge >= 0.3 is 0 Å². The molecule has 0 N–H and O–H groups in total. The van der Waals surface area contributed by atoms with E-state index in [2.05, 4.69) is 80.5 Å². The molecule has 0 aliphatic rings. The van der Waals surface area contributed by atoms with Crippen molar-refractivity contribution in [1.29, 1.82) is 0 Å². The van der Waals surface area contributed by atoms with Crippen LogP contribution in [0.2, 0.25) is 0 Å². The monoisotopic (exact) mass is 388 g/mol. The number of hydrogen-bond acceptors (Lipinski definition) is 3. The third-order valence-corrected chi connectivity index (χ3v) is 6.12. The normalized spacial score (nSPS) is 11.5. The van der Waals surface area contributed by atoms with Gasteiger partial charge in [0.05, 0.1) is 18.3 Å². The summed E-state index contributed by atoms with van der Waals surface area (Å²) in [7, 11) is 0. The molecular weight excluding hydrogens is 364 g/mol. The summed E-state index contributed by atoms with van der Waals surface area (Å²) in [4.78, 5) is 18.6. The molecule has 0 aliphatic carbocycles. The maximum Gasteiger partial charge on any atom is 0.263 e. The van der Waals surface area contributed by atoms with Gasteiger partial charge in [0.15, 0.2) is 0 Å². The third kappa shape index (κ3) is 3.40. The SMILES string of the molecule is Cc1ccc(-c2csc3ncn(Cc4ccc(C(C)C)cc4)c(=O)c23)c(C)c1. The van der Waals surface area contributed by atoms with Crippen LogP contribution in [-0.4, -0.2) is 9.55 Å². The van der Waals surface area contributed by atoms with Crippen LogP contribution in [0.25, 0.3) is 21.3 Å². The topological polar surface area (TPSA) is 34.9 Å². The second-order valence-electron chi connectivity index (χ2n) is 7.72. The Morgan fingerprint density at radius 1 is 1.04 bits per heavy atom. The molecule has 0 bridgehead atoms. The average Bonchev–Trinajstić information content (AvgIpc) is 3.09. The molecule has 0 fully saturated rings. The van der Waals surface area contributed by atoms with E-state index in [0.717, 1.165) is 26.9 Å². The van der Waals surface area contributed by atoms with Crippen molar-refractivity contribution in [2.24, 2.45) is 0 Å². The number of rotatable bonds is 4. The molecule has 2 aromatic heterocycles. The quantitative estimate of drug-likeness (QED) is 0.435. The van der Waals surface area contributed by atoms with E-state index in [1.54, 1.807) is 10.9 Å². The van der Waals surface area contributed by atoms with Crippen LogP contribution in [0, 0.1) is 13.8 Å². The van der Waals surface area contributed by atoms with Gasteiger partial charge in [-0.05, 0) is 42.0 Å². The molecule has 0 amide bonds. The average molecular weight is 389 g/mol. The lowest BCUT2D eigenvalue weighted by molar-refractivity contribution is 0.748. The molecule has 0 unspecified atom stereocenters. The van der Waals surface area contributed by atoms with E-state index in [-0.39, 0.29) is 5.56 Å². The fourth-order valence-corrected chi connectivity index (χ4v) is 4.50. The molecular formula is C24H24N2OS. The van der Waals surface area contributed by atoms with Crippen LogP contribution in [0.1, 0.15) is 42.0 Å². The molecule has 0 saturated carbocycles. The first-order valence-corrected chi connectivity index (χ1v) is 10.4. The van der Waals surface area contributed by atoms with Crippen LogP contribution < -0.4 is 5.56 Å². The van der Waals surface area contributed by atoms with Crippen LogP contribution in [0.3, 0.4) is 0 Å².